The van der Waals surface area contributed by atoms with Gasteiger partial charge in [-0.1, -0.05) is 18.2 Å². The lowest BCUT2D eigenvalue weighted by Crippen LogP contribution is -2.54. The second-order valence-corrected chi connectivity index (χ2v) is 6.12. The summed E-state index contributed by atoms with van der Waals surface area (Å²) >= 11 is 0. The zero-order valence-electron chi connectivity index (χ0n) is 13.9. The monoisotopic (exact) mass is 307 g/mol. The molecule has 2 heterocycles. The van der Waals surface area contributed by atoms with Crippen LogP contribution in [0.5, 0.6) is 0 Å². The molecule has 3 N–H and O–H groups in total. The Kier molecular flexibility index (Phi) is 6.64. The summed E-state index contributed by atoms with van der Waals surface area (Å²) in [6, 6.07) is 11.8. The first kappa shape index (κ1) is 17.2. The predicted molar refractivity (Wildman–Crippen MR) is 90.1 cm³/mol. The van der Waals surface area contributed by atoms with Gasteiger partial charge in [-0.2, -0.15) is 0 Å². The van der Waals surface area contributed by atoms with E-state index in [4.69, 9.17) is 15.2 Å². The summed E-state index contributed by atoms with van der Waals surface area (Å²) in [5, 5.41) is 3.49. The molecule has 0 spiro atoms. The van der Waals surface area contributed by atoms with E-state index >= 15 is 0 Å². The molecule has 5 nitrogen and oxygen atoms in total. The number of anilines is 1. The number of nitrogens with two attached hydrogens (primary N) is 1. The smallest absolute Gasteiger partial charge is 0.172 e. The van der Waals surface area contributed by atoms with E-state index in [0.29, 0.717) is 25.3 Å². The second-order valence-electron chi connectivity index (χ2n) is 6.12. The highest BCUT2D eigenvalue weighted by atomic mass is 16.7. The van der Waals surface area contributed by atoms with Gasteiger partial charge in [0.2, 0.25) is 0 Å². The standard InChI is InChI=1S/C12H18N2.C5H11NO2/c1-10-9-14(11(2)8-13-10)12-6-4-3-5-7-12;1-4(6)5-7-2-3-8-5/h3-7,10-11,13H,8-9H2,1-2H3;4-5H,2-3,6H2,1H3. The Morgan fingerprint density at radius 1 is 1.18 bits per heavy atom. The van der Waals surface area contributed by atoms with Crippen LogP contribution in [0.1, 0.15) is 20.8 Å². The average Bonchev–Trinajstić information content (AvgIpc) is 3.06. The van der Waals surface area contributed by atoms with Crippen molar-refractivity contribution in [1.82, 2.24) is 5.32 Å². The third kappa shape index (κ3) is 4.95. The van der Waals surface area contributed by atoms with Crippen LogP contribution in [-0.2, 0) is 9.47 Å². The van der Waals surface area contributed by atoms with Crippen LogP contribution in [0.2, 0.25) is 0 Å². The molecule has 0 saturated carbocycles. The zero-order chi connectivity index (χ0) is 15.9. The highest BCUT2D eigenvalue weighted by Crippen LogP contribution is 2.18. The van der Waals surface area contributed by atoms with E-state index in [9.17, 15) is 0 Å². The first-order valence-corrected chi connectivity index (χ1v) is 8.11. The summed E-state index contributed by atoms with van der Waals surface area (Å²) in [6.07, 6.45) is -0.157. The number of rotatable bonds is 2. The van der Waals surface area contributed by atoms with Crippen LogP contribution in [0.3, 0.4) is 0 Å². The molecular formula is C17H29N3O2. The predicted octanol–water partition coefficient (Wildman–Crippen LogP) is 1.58. The Morgan fingerprint density at radius 2 is 1.82 bits per heavy atom. The molecule has 22 heavy (non-hydrogen) atoms. The molecule has 124 valence electrons. The van der Waals surface area contributed by atoms with Gasteiger partial charge in [0.05, 0.1) is 19.3 Å². The van der Waals surface area contributed by atoms with Gasteiger partial charge >= 0.3 is 0 Å². The van der Waals surface area contributed by atoms with E-state index in [-0.39, 0.29) is 12.3 Å². The minimum absolute atomic E-state index is 0.00231. The van der Waals surface area contributed by atoms with Crippen LogP contribution in [0.4, 0.5) is 5.69 Å². The molecule has 3 atom stereocenters. The van der Waals surface area contributed by atoms with E-state index in [2.05, 4.69) is 54.4 Å². The largest absolute Gasteiger partial charge is 0.366 e. The van der Waals surface area contributed by atoms with Crippen molar-refractivity contribution in [3.63, 3.8) is 0 Å². The number of ether oxygens (including phenoxy) is 2. The summed E-state index contributed by atoms with van der Waals surface area (Å²) in [5.74, 6) is 0. The fraction of sp³-hybridized carbons (Fsp3) is 0.647. The molecule has 0 aliphatic carbocycles. The van der Waals surface area contributed by atoms with Gasteiger partial charge in [0, 0.05) is 30.9 Å². The molecule has 3 rings (SSSR count). The van der Waals surface area contributed by atoms with E-state index in [0.717, 1.165) is 13.1 Å². The number of hydrogen-bond donors (Lipinski definition) is 2. The fourth-order valence-electron chi connectivity index (χ4n) is 2.68. The molecule has 0 amide bonds. The number of hydrogen-bond acceptors (Lipinski definition) is 5. The van der Waals surface area contributed by atoms with Crippen molar-refractivity contribution in [2.75, 3.05) is 31.2 Å². The number of para-hydroxylation sites is 1. The van der Waals surface area contributed by atoms with Crippen molar-refractivity contribution in [1.29, 1.82) is 0 Å². The van der Waals surface area contributed by atoms with Crippen molar-refractivity contribution < 1.29 is 9.47 Å². The average molecular weight is 307 g/mol. The first-order valence-electron chi connectivity index (χ1n) is 8.11. The lowest BCUT2D eigenvalue weighted by Gasteiger charge is -2.39. The molecule has 1 aromatic carbocycles. The summed E-state index contributed by atoms with van der Waals surface area (Å²) in [7, 11) is 0. The van der Waals surface area contributed by atoms with Gasteiger partial charge in [-0.3, -0.25) is 0 Å². The Balaban J connectivity index is 0.000000188. The molecule has 0 aromatic heterocycles. The molecule has 2 aliphatic rings. The third-order valence-electron chi connectivity index (χ3n) is 3.93. The Hall–Kier alpha value is -1.14. The van der Waals surface area contributed by atoms with E-state index in [1.54, 1.807) is 0 Å². The van der Waals surface area contributed by atoms with Crippen molar-refractivity contribution in [3.8, 4) is 0 Å². The minimum atomic E-state index is -0.157. The van der Waals surface area contributed by atoms with Crippen LogP contribution in [-0.4, -0.2) is 50.7 Å². The lowest BCUT2D eigenvalue weighted by atomic mass is 10.1. The van der Waals surface area contributed by atoms with Gasteiger partial charge in [0.1, 0.15) is 0 Å². The molecule has 5 heteroatoms. The maximum Gasteiger partial charge on any atom is 0.172 e. The van der Waals surface area contributed by atoms with Gasteiger partial charge in [-0.15, -0.1) is 0 Å². The van der Waals surface area contributed by atoms with Crippen LogP contribution in [0.25, 0.3) is 0 Å². The van der Waals surface area contributed by atoms with Gasteiger partial charge in [0.25, 0.3) is 0 Å². The van der Waals surface area contributed by atoms with Crippen LogP contribution in [0.15, 0.2) is 30.3 Å². The molecule has 3 unspecified atom stereocenters. The molecule has 2 aliphatic heterocycles. The van der Waals surface area contributed by atoms with Crippen LogP contribution >= 0.6 is 0 Å². The molecular weight excluding hydrogens is 278 g/mol. The molecule has 2 saturated heterocycles. The molecule has 2 fully saturated rings. The SMILES string of the molecule is CC(N)C1OCCO1.CC1CN(c2ccccc2)C(C)CN1. The van der Waals surface area contributed by atoms with E-state index < -0.39 is 0 Å². The quantitative estimate of drug-likeness (QED) is 0.869. The van der Waals surface area contributed by atoms with Crippen LogP contribution in [0, 0.1) is 0 Å². The Bertz CT molecular complexity index is 421. The lowest BCUT2D eigenvalue weighted by molar-refractivity contribution is -0.0548. The third-order valence-corrected chi connectivity index (χ3v) is 3.93. The highest BCUT2D eigenvalue weighted by Gasteiger charge is 2.22. The normalized spacial score (nSPS) is 27.2. The van der Waals surface area contributed by atoms with Gasteiger partial charge in [-0.25, -0.2) is 0 Å². The Morgan fingerprint density at radius 3 is 2.36 bits per heavy atom. The van der Waals surface area contributed by atoms with Gasteiger partial charge < -0.3 is 25.4 Å². The number of nitrogens with one attached hydrogen (secondary N) is 1. The first-order chi connectivity index (χ1) is 10.6. The second kappa shape index (κ2) is 8.48. The summed E-state index contributed by atoms with van der Waals surface area (Å²) in [6.45, 7) is 9.93. The minimum Gasteiger partial charge on any atom is -0.366 e. The summed E-state index contributed by atoms with van der Waals surface area (Å²) in [5.41, 5.74) is 6.79. The van der Waals surface area contributed by atoms with E-state index in [1.807, 2.05) is 6.92 Å². The maximum atomic E-state index is 5.45. The van der Waals surface area contributed by atoms with E-state index in [1.165, 1.54) is 5.69 Å². The van der Waals surface area contributed by atoms with Crippen LogP contribution < -0.4 is 16.0 Å². The van der Waals surface area contributed by atoms with Gasteiger partial charge in [-0.05, 0) is 32.9 Å². The number of nitrogens with zero attached hydrogens (tertiary/aromatic N) is 1. The van der Waals surface area contributed by atoms with Crippen molar-refractivity contribution in [2.45, 2.75) is 45.2 Å². The summed E-state index contributed by atoms with van der Waals surface area (Å²) in [4.78, 5) is 2.47. The number of benzene rings is 1. The maximum absolute atomic E-state index is 5.45. The fourth-order valence-corrected chi connectivity index (χ4v) is 2.68. The van der Waals surface area contributed by atoms with Crippen molar-refractivity contribution in [2.24, 2.45) is 5.73 Å². The zero-order valence-corrected chi connectivity index (χ0v) is 13.9. The Labute approximate surface area is 133 Å². The number of piperazine rings is 1. The topological polar surface area (TPSA) is 59.8 Å². The van der Waals surface area contributed by atoms with Crippen molar-refractivity contribution in [3.05, 3.63) is 30.3 Å². The molecule has 0 bridgehead atoms. The molecule has 1 aromatic rings. The van der Waals surface area contributed by atoms with Crippen molar-refractivity contribution >= 4 is 5.69 Å². The summed E-state index contributed by atoms with van der Waals surface area (Å²) < 4.78 is 10.1. The van der Waals surface area contributed by atoms with Gasteiger partial charge in [0.15, 0.2) is 6.29 Å². The highest BCUT2D eigenvalue weighted by molar-refractivity contribution is 5.47. The molecule has 0 radical (unpaired) electrons.